The van der Waals surface area contributed by atoms with Gasteiger partial charge in [0.2, 0.25) is 17.2 Å². The first-order valence-electron chi connectivity index (χ1n) is 9.23. The van der Waals surface area contributed by atoms with E-state index in [0.717, 1.165) is 24.8 Å². The molecule has 1 heterocycles. The third-order valence-corrected chi connectivity index (χ3v) is 5.36. The minimum atomic E-state index is -2.08. The van der Waals surface area contributed by atoms with Crippen LogP contribution < -0.4 is 0 Å². The lowest BCUT2D eigenvalue weighted by Crippen LogP contribution is -2.52. The molecule has 8 heteroatoms. The number of hydrogen-bond acceptors (Lipinski definition) is 6. The zero-order valence-electron chi connectivity index (χ0n) is 16.7. The summed E-state index contributed by atoms with van der Waals surface area (Å²) in [5.41, 5.74) is -2.01. The fourth-order valence-electron chi connectivity index (χ4n) is 3.00. The lowest BCUT2D eigenvalue weighted by atomic mass is 9.80. The van der Waals surface area contributed by atoms with Gasteiger partial charge in [0.1, 0.15) is 12.0 Å². The van der Waals surface area contributed by atoms with E-state index >= 15 is 0 Å². The van der Waals surface area contributed by atoms with Gasteiger partial charge in [-0.1, -0.05) is 38.8 Å². The van der Waals surface area contributed by atoms with Crippen molar-refractivity contribution in [3.8, 4) is 0 Å². The van der Waals surface area contributed by atoms with Crippen molar-refractivity contribution in [1.82, 2.24) is 0 Å². The van der Waals surface area contributed by atoms with Crippen LogP contribution in [0.2, 0.25) is 0 Å². The highest BCUT2D eigenvalue weighted by atomic mass is 35.5. The van der Waals surface area contributed by atoms with E-state index in [0.29, 0.717) is 6.42 Å². The monoisotopic (exact) mass is 422 g/mol. The molecule has 0 spiro atoms. The van der Waals surface area contributed by atoms with Crippen LogP contribution in [0.5, 0.6) is 0 Å². The quantitative estimate of drug-likeness (QED) is 0.380. The van der Waals surface area contributed by atoms with Crippen LogP contribution in [-0.2, 0) is 28.7 Å². The van der Waals surface area contributed by atoms with Gasteiger partial charge < -0.3 is 14.6 Å². The van der Waals surface area contributed by atoms with Crippen molar-refractivity contribution in [3.05, 3.63) is 46.4 Å². The van der Waals surface area contributed by atoms with Crippen molar-refractivity contribution in [2.24, 2.45) is 11.8 Å². The lowest BCUT2D eigenvalue weighted by molar-refractivity contribution is -0.172. The van der Waals surface area contributed by atoms with Gasteiger partial charge in [0.15, 0.2) is 0 Å². The second-order valence-corrected chi connectivity index (χ2v) is 7.74. The number of esters is 1. The molecule has 1 aliphatic heterocycles. The molecule has 1 N–H and O–H groups in total. The summed E-state index contributed by atoms with van der Waals surface area (Å²) in [6, 6.07) is 0. The van der Waals surface area contributed by atoms with E-state index < -0.39 is 35.0 Å². The van der Waals surface area contributed by atoms with E-state index in [4.69, 9.17) is 26.2 Å². The second-order valence-electron chi connectivity index (χ2n) is 7.36. The second kappa shape index (κ2) is 8.78. The van der Waals surface area contributed by atoms with Gasteiger partial charge in [0.05, 0.1) is 16.5 Å². The molecule has 0 bridgehead atoms. The Hall–Kier alpha value is -2.67. The highest BCUT2D eigenvalue weighted by Crippen LogP contribution is 2.39. The maximum atomic E-state index is 13.0. The first-order chi connectivity index (χ1) is 13.5. The molecule has 0 saturated heterocycles. The van der Waals surface area contributed by atoms with E-state index in [2.05, 4.69) is 0 Å². The van der Waals surface area contributed by atoms with Gasteiger partial charge in [-0.05, 0) is 31.4 Å². The fraction of sp³-hybridized carbons (Fsp3) is 0.429. The van der Waals surface area contributed by atoms with Crippen LogP contribution in [0.15, 0.2) is 46.4 Å². The number of hydrogen-bond donors (Lipinski definition) is 1. The van der Waals surface area contributed by atoms with Crippen LogP contribution in [0.1, 0.15) is 40.5 Å². The van der Waals surface area contributed by atoms with Crippen molar-refractivity contribution < 1.29 is 33.8 Å². The number of fused-ring (bicyclic) bond motifs is 1. The Morgan fingerprint density at radius 3 is 2.55 bits per heavy atom. The van der Waals surface area contributed by atoms with Gasteiger partial charge in [-0.25, -0.2) is 4.79 Å². The summed E-state index contributed by atoms with van der Waals surface area (Å²) in [4.78, 5) is 48.9. The van der Waals surface area contributed by atoms with E-state index in [1.165, 1.54) is 13.0 Å². The summed E-state index contributed by atoms with van der Waals surface area (Å²) in [7, 11) is 0. The molecule has 0 aromatic rings. The van der Waals surface area contributed by atoms with E-state index in [9.17, 15) is 19.2 Å². The van der Waals surface area contributed by atoms with Gasteiger partial charge >= 0.3 is 11.9 Å². The normalized spacial score (nSPS) is 23.8. The molecule has 29 heavy (non-hydrogen) atoms. The van der Waals surface area contributed by atoms with Gasteiger partial charge in [0, 0.05) is 11.6 Å². The van der Waals surface area contributed by atoms with E-state index in [-0.39, 0.29) is 27.9 Å². The number of rotatable bonds is 7. The average Bonchev–Trinajstić information content (AvgIpc) is 2.68. The van der Waals surface area contributed by atoms with Crippen LogP contribution in [0.25, 0.3) is 0 Å². The standard InChI is InChI=1S/C21H23ClO7/c1-5-11(2)8-12(3)20(27)29-21(4)18(25)15-10-28-13(6-7-16(23)24)9-14(15)17(22)19(21)26/h6-7,9-12H,5,8H2,1-4H3,(H,23,24)/b7-6+. The Kier molecular flexibility index (Phi) is 6.85. The maximum Gasteiger partial charge on any atom is 0.328 e. The highest BCUT2D eigenvalue weighted by Gasteiger charge is 2.53. The number of ether oxygens (including phenoxy) is 2. The number of allylic oxidation sites excluding steroid dienone is 3. The highest BCUT2D eigenvalue weighted by molar-refractivity contribution is 6.49. The maximum absolute atomic E-state index is 13.0. The Labute approximate surface area is 173 Å². The molecule has 2 rings (SSSR count). The number of Topliss-reactive ketones (excluding diaryl/α,β-unsaturated/α-hetero) is 2. The molecule has 0 saturated carbocycles. The zero-order chi connectivity index (χ0) is 21.9. The van der Waals surface area contributed by atoms with Gasteiger partial charge in [-0.3, -0.25) is 14.4 Å². The summed E-state index contributed by atoms with van der Waals surface area (Å²) in [6.45, 7) is 6.91. The van der Waals surface area contributed by atoms with Crippen molar-refractivity contribution in [1.29, 1.82) is 0 Å². The molecule has 2 aliphatic rings. The van der Waals surface area contributed by atoms with Crippen molar-refractivity contribution in [3.63, 3.8) is 0 Å². The molecule has 0 aromatic heterocycles. The number of carboxylic acid groups (broad SMARTS) is 1. The van der Waals surface area contributed by atoms with Crippen LogP contribution in [0, 0.1) is 11.8 Å². The predicted octanol–water partition coefficient (Wildman–Crippen LogP) is 3.44. The number of aliphatic carboxylic acids is 1. The zero-order valence-corrected chi connectivity index (χ0v) is 17.4. The molecular formula is C21H23ClO7. The summed E-state index contributed by atoms with van der Waals surface area (Å²) in [6.07, 6.45) is 5.82. The molecule has 1 aliphatic carbocycles. The molecule has 3 atom stereocenters. The Morgan fingerprint density at radius 2 is 1.97 bits per heavy atom. The molecule has 0 fully saturated rings. The summed E-state index contributed by atoms with van der Waals surface area (Å²) in [5.74, 6) is -3.53. The lowest BCUT2D eigenvalue weighted by Gasteiger charge is -2.33. The first kappa shape index (κ1) is 22.6. The minimum Gasteiger partial charge on any atom is -0.478 e. The number of halogens is 1. The van der Waals surface area contributed by atoms with Crippen molar-refractivity contribution >= 4 is 35.1 Å². The van der Waals surface area contributed by atoms with Gasteiger partial charge in [0.25, 0.3) is 0 Å². The van der Waals surface area contributed by atoms with Crippen molar-refractivity contribution in [2.45, 2.75) is 46.1 Å². The molecular weight excluding hydrogens is 400 g/mol. The number of carbonyl (C=O) groups excluding carboxylic acids is 3. The third kappa shape index (κ3) is 4.67. The van der Waals surface area contributed by atoms with Gasteiger partial charge in [-0.15, -0.1) is 0 Å². The Balaban J connectivity index is 2.32. The van der Waals surface area contributed by atoms with Crippen LogP contribution in [0.3, 0.4) is 0 Å². The Morgan fingerprint density at radius 1 is 1.31 bits per heavy atom. The first-order valence-corrected chi connectivity index (χ1v) is 9.61. The minimum absolute atomic E-state index is 0.0213. The molecule has 0 radical (unpaired) electrons. The topological polar surface area (TPSA) is 107 Å². The smallest absolute Gasteiger partial charge is 0.328 e. The molecule has 156 valence electrons. The summed E-state index contributed by atoms with van der Waals surface area (Å²) >= 11 is 6.19. The summed E-state index contributed by atoms with van der Waals surface area (Å²) in [5, 5.41) is 8.41. The van der Waals surface area contributed by atoms with E-state index in [1.807, 2.05) is 13.8 Å². The number of ketones is 2. The summed E-state index contributed by atoms with van der Waals surface area (Å²) < 4.78 is 10.6. The fourth-order valence-corrected chi connectivity index (χ4v) is 3.33. The predicted molar refractivity (Wildman–Crippen MR) is 105 cm³/mol. The number of carbonyl (C=O) groups is 4. The number of carboxylic acids is 1. The van der Waals surface area contributed by atoms with E-state index in [1.54, 1.807) is 6.92 Å². The molecule has 0 aromatic carbocycles. The largest absolute Gasteiger partial charge is 0.478 e. The molecule has 7 nitrogen and oxygen atoms in total. The van der Waals surface area contributed by atoms with Gasteiger partial charge in [-0.2, -0.15) is 0 Å². The van der Waals surface area contributed by atoms with Crippen LogP contribution >= 0.6 is 11.6 Å². The molecule has 3 unspecified atom stereocenters. The van der Waals surface area contributed by atoms with Crippen molar-refractivity contribution in [2.75, 3.05) is 0 Å². The van der Waals surface area contributed by atoms with Crippen LogP contribution in [0.4, 0.5) is 0 Å². The average molecular weight is 423 g/mol. The Bertz CT molecular complexity index is 877. The third-order valence-electron chi connectivity index (χ3n) is 4.99. The van der Waals surface area contributed by atoms with Crippen LogP contribution in [-0.4, -0.2) is 34.2 Å². The SMILES string of the molecule is CCC(C)CC(C)C(=O)OC1(C)C(=O)C2=COC(/C=C/C(=O)O)=CC2=C(Cl)C1=O. The molecule has 0 amide bonds.